The van der Waals surface area contributed by atoms with Crippen molar-refractivity contribution in [2.75, 3.05) is 18.1 Å². The van der Waals surface area contributed by atoms with E-state index in [0.717, 1.165) is 18.2 Å². The van der Waals surface area contributed by atoms with Gasteiger partial charge in [-0.1, -0.05) is 36.8 Å². The number of carbonyl (C=O) groups excluding carboxylic acids is 1. The second kappa shape index (κ2) is 9.53. The van der Waals surface area contributed by atoms with Crippen LogP contribution in [0.5, 0.6) is 5.75 Å². The van der Waals surface area contributed by atoms with Crippen molar-refractivity contribution in [2.45, 2.75) is 38.3 Å². The Balaban J connectivity index is 1.83. The van der Waals surface area contributed by atoms with Gasteiger partial charge in [0.25, 0.3) is 0 Å². The lowest BCUT2D eigenvalue weighted by Gasteiger charge is -2.32. The summed E-state index contributed by atoms with van der Waals surface area (Å²) in [6, 6.07) is 12.9. The zero-order valence-corrected chi connectivity index (χ0v) is 17.4. The third-order valence-corrected chi connectivity index (χ3v) is 6.25. The number of carbonyl (C=O) groups is 1. The van der Waals surface area contributed by atoms with Crippen LogP contribution in [-0.2, 0) is 21.2 Å². The second-order valence-electron chi connectivity index (χ2n) is 7.24. The number of nitrogens with zero attached hydrogens (tertiary/aromatic N) is 1. The summed E-state index contributed by atoms with van der Waals surface area (Å²) in [6.45, 7) is -2.66. The highest BCUT2D eigenvalue weighted by molar-refractivity contribution is 7.88. The normalized spacial score (nSPS) is 17.7. The maximum Gasteiger partial charge on any atom is 0.387 e. The minimum absolute atomic E-state index is 0.0299. The number of hydrogen-bond acceptors (Lipinski definition) is 4. The van der Waals surface area contributed by atoms with E-state index < -0.39 is 28.6 Å². The fraction of sp³-hybridized carbons (Fsp3) is 0.381. The van der Waals surface area contributed by atoms with Crippen molar-refractivity contribution in [3.05, 3.63) is 59.7 Å². The summed E-state index contributed by atoms with van der Waals surface area (Å²) >= 11 is 0. The summed E-state index contributed by atoms with van der Waals surface area (Å²) in [5.74, 6) is -0.407. The predicted molar refractivity (Wildman–Crippen MR) is 110 cm³/mol. The molecule has 1 fully saturated rings. The fourth-order valence-corrected chi connectivity index (χ4v) is 4.74. The number of anilines is 1. The molecule has 0 radical (unpaired) electrons. The zero-order chi connectivity index (χ0) is 21.7. The van der Waals surface area contributed by atoms with Crippen LogP contribution in [0, 0.1) is 0 Å². The molecule has 0 bridgehead atoms. The van der Waals surface area contributed by atoms with E-state index in [2.05, 4.69) is 10.1 Å². The molecular formula is C21H24F2N2O4S. The van der Waals surface area contributed by atoms with Gasteiger partial charge in [-0.05, 0) is 36.6 Å². The quantitative estimate of drug-likeness (QED) is 0.716. The first-order valence-electron chi connectivity index (χ1n) is 9.63. The summed E-state index contributed by atoms with van der Waals surface area (Å²) in [4.78, 5) is 12.8. The first-order chi connectivity index (χ1) is 14.2. The highest BCUT2D eigenvalue weighted by Crippen LogP contribution is 2.28. The number of amides is 1. The summed E-state index contributed by atoms with van der Waals surface area (Å²) < 4.78 is 55.5. The number of sulfonamides is 1. The Hall–Kier alpha value is -2.52. The molecular weight excluding hydrogens is 414 g/mol. The maximum atomic E-state index is 12.8. The van der Waals surface area contributed by atoms with Crippen molar-refractivity contribution in [2.24, 2.45) is 0 Å². The average Bonchev–Trinajstić information content (AvgIpc) is 2.70. The van der Waals surface area contributed by atoms with Gasteiger partial charge in [-0.15, -0.1) is 0 Å². The lowest BCUT2D eigenvalue weighted by Crippen LogP contribution is -2.49. The van der Waals surface area contributed by atoms with E-state index in [1.54, 1.807) is 6.07 Å². The van der Waals surface area contributed by atoms with Crippen LogP contribution in [0.15, 0.2) is 48.5 Å². The number of nitrogens with one attached hydrogen (secondary N) is 1. The number of piperidine rings is 1. The first-order valence-corrected chi connectivity index (χ1v) is 11.5. The highest BCUT2D eigenvalue weighted by Gasteiger charge is 2.34. The summed E-state index contributed by atoms with van der Waals surface area (Å²) in [6.07, 6.45) is 3.32. The molecule has 30 heavy (non-hydrogen) atoms. The maximum absolute atomic E-state index is 12.8. The molecule has 1 aliphatic rings. The molecule has 162 valence electrons. The topological polar surface area (TPSA) is 75.7 Å². The molecule has 2 aromatic carbocycles. The molecule has 1 unspecified atom stereocenters. The number of halogens is 2. The van der Waals surface area contributed by atoms with Crippen molar-refractivity contribution in [1.29, 1.82) is 0 Å². The van der Waals surface area contributed by atoms with Gasteiger partial charge < -0.3 is 10.1 Å². The Bertz CT molecular complexity index is 984. The van der Waals surface area contributed by atoms with Crippen molar-refractivity contribution in [1.82, 2.24) is 4.31 Å². The van der Waals surface area contributed by atoms with Gasteiger partial charge in [0.2, 0.25) is 15.9 Å². The van der Waals surface area contributed by atoms with Gasteiger partial charge in [0.05, 0.1) is 6.26 Å². The van der Waals surface area contributed by atoms with Crippen molar-refractivity contribution < 1.29 is 26.7 Å². The molecule has 2 aromatic rings. The van der Waals surface area contributed by atoms with Crippen LogP contribution in [0.2, 0.25) is 0 Å². The Morgan fingerprint density at radius 2 is 1.93 bits per heavy atom. The molecule has 1 heterocycles. The Morgan fingerprint density at radius 3 is 2.60 bits per heavy atom. The van der Waals surface area contributed by atoms with Crippen molar-refractivity contribution in [3.8, 4) is 5.75 Å². The minimum atomic E-state index is -3.51. The van der Waals surface area contributed by atoms with E-state index in [9.17, 15) is 22.0 Å². The molecule has 0 aromatic heterocycles. The van der Waals surface area contributed by atoms with E-state index in [0.29, 0.717) is 37.1 Å². The minimum Gasteiger partial charge on any atom is -0.435 e. The molecule has 1 amide bonds. The largest absolute Gasteiger partial charge is 0.435 e. The van der Waals surface area contributed by atoms with E-state index in [1.807, 2.05) is 30.3 Å². The van der Waals surface area contributed by atoms with Gasteiger partial charge in [0.15, 0.2) is 0 Å². The third kappa shape index (κ3) is 5.76. The van der Waals surface area contributed by atoms with Crippen molar-refractivity contribution in [3.63, 3.8) is 0 Å². The van der Waals surface area contributed by atoms with Crippen LogP contribution < -0.4 is 10.1 Å². The summed E-state index contributed by atoms with van der Waals surface area (Å²) in [5, 5.41) is 2.73. The monoisotopic (exact) mass is 438 g/mol. The van der Waals surface area contributed by atoms with Gasteiger partial charge in [0.1, 0.15) is 11.8 Å². The van der Waals surface area contributed by atoms with Gasteiger partial charge >= 0.3 is 6.61 Å². The number of alkyl halides is 2. The van der Waals surface area contributed by atoms with E-state index in [-0.39, 0.29) is 5.75 Å². The molecule has 3 rings (SSSR count). The molecule has 1 aliphatic heterocycles. The van der Waals surface area contributed by atoms with Gasteiger partial charge in [-0.2, -0.15) is 13.1 Å². The van der Waals surface area contributed by atoms with Crippen LogP contribution in [0.3, 0.4) is 0 Å². The van der Waals surface area contributed by atoms with E-state index in [4.69, 9.17) is 0 Å². The number of benzene rings is 2. The molecule has 1 saturated heterocycles. The Morgan fingerprint density at radius 1 is 1.20 bits per heavy atom. The smallest absolute Gasteiger partial charge is 0.387 e. The fourth-order valence-electron chi connectivity index (χ4n) is 3.61. The molecule has 0 aliphatic carbocycles. The van der Waals surface area contributed by atoms with Crippen LogP contribution in [0.1, 0.15) is 30.4 Å². The first kappa shape index (κ1) is 22.2. The van der Waals surface area contributed by atoms with Crippen LogP contribution in [0.25, 0.3) is 0 Å². The molecule has 0 saturated carbocycles. The Labute approximate surface area is 174 Å². The zero-order valence-electron chi connectivity index (χ0n) is 16.6. The van der Waals surface area contributed by atoms with Gasteiger partial charge in [-0.25, -0.2) is 8.42 Å². The molecule has 0 spiro atoms. The molecule has 1 atom stereocenters. The van der Waals surface area contributed by atoms with Crippen LogP contribution in [-0.4, -0.2) is 44.1 Å². The van der Waals surface area contributed by atoms with Crippen molar-refractivity contribution >= 4 is 21.6 Å². The second-order valence-corrected chi connectivity index (χ2v) is 9.17. The highest BCUT2D eigenvalue weighted by atomic mass is 32.2. The molecule has 1 N–H and O–H groups in total. The average molecular weight is 438 g/mol. The lowest BCUT2D eigenvalue weighted by atomic mass is 10.0. The third-order valence-electron chi connectivity index (χ3n) is 4.96. The van der Waals surface area contributed by atoms with E-state index in [1.165, 1.54) is 16.4 Å². The van der Waals surface area contributed by atoms with E-state index >= 15 is 0 Å². The number of hydrogen-bond donors (Lipinski definition) is 1. The summed E-state index contributed by atoms with van der Waals surface area (Å²) in [7, 11) is -3.51. The van der Waals surface area contributed by atoms with Crippen LogP contribution in [0.4, 0.5) is 14.5 Å². The van der Waals surface area contributed by atoms with Gasteiger partial charge in [-0.3, -0.25) is 4.79 Å². The standard InChI is InChI=1S/C21H24F2N2O4S/c1-30(27,28)25-12-6-5-9-18(25)20(26)24-17-10-11-19(29-21(22)23)16(14-17)13-15-7-3-2-4-8-15/h2-4,7-8,10-11,14,18,21H,5-6,9,12-13H2,1H3,(H,24,26). The summed E-state index contributed by atoms with van der Waals surface area (Å²) in [5.41, 5.74) is 1.78. The number of rotatable bonds is 7. The number of ether oxygens (including phenoxy) is 1. The van der Waals surface area contributed by atoms with Gasteiger partial charge in [0, 0.05) is 24.2 Å². The SMILES string of the molecule is CS(=O)(=O)N1CCCCC1C(=O)Nc1ccc(OC(F)F)c(Cc2ccccc2)c1. The molecule has 6 nitrogen and oxygen atoms in total. The molecule has 9 heteroatoms. The predicted octanol–water partition coefficient (Wildman–Crippen LogP) is 3.63. The van der Waals surface area contributed by atoms with Crippen LogP contribution >= 0.6 is 0 Å². The Kier molecular flexibility index (Phi) is 7.04. The lowest BCUT2D eigenvalue weighted by molar-refractivity contribution is -0.120.